The number of rotatable bonds is 8. The van der Waals surface area contributed by atoms with Crippen LogP contribution in [0.1, 0.15) is 74.8 Å². The van der Waals surface area contributed by atoms with Gasteiger partial charge in [-0.15, -0.1) is 0 Å². The highest BCUT2D eigenvalue weighted by Crippen LogP contribution is 2.45. The predicted octanol–water partition coefficient (Wildman–Crippen LogP) is 6.67. The summed E-state index contributed by atoms with van der Waals surface area (Å²) in [6.45, 7) is 7.18. The van der Waals surface area contributed by atoms with Gasteiger partial charge in [0, 0.05) is 29.7 Å². The number of anilines is 1. The van der Waals surface area contributed by atoms with Gasteiger partial charge >= 0.3 is 0 Å². The summed E-state index contributed by atoms with van der Waals surface area (Å²) < 4.78 is 11.8. The standard InChI is InChI=1S/C36H41ClN2O5/c1-22(2)44-32-21-30-25(19-31(32)43-4)20-33(40)39(34(30)23-7-11-28(37)12-8-23)29-13-9-26(10-14-29)36(3,42)27-15-17-38(18-16-27)35(41)24-5-6-24/h7-14,19,21-22,24,27,34,42H,5-6,15-18,20H2,1-4H3/t34?,36-/m1/s1. The maximum Gasteiger partial charge on any atom is 0.232 e. The zero-order valence-corrected chi connectivity index (χ0v) is 26.6. The number of carbonyl (C=O) groups excluding carboxylic acids is 2. The Kier molecular flexibility index (Phi) is 8.38. The second-order valence-corrected chi connectivity index (χ2v) is 13.3. The Morgan fingerprint density at radius 1 is 0.977 bits per heavy atom. The summed E-state index contributed by atoms with van der Waals surface area (Å²) in [7, 11) is 1.61. The smallest absolute Gasteiger partial charge is 0.232 e. The fourth-order valence-corrected chi connectivity index (χ4v) is 6.90. The highest BCUT2D eigenvalue weighted by atomic mass is 35.5. The first-order valence-corrected chi connectivity index (χ1v) is 16.0. The number of aliphatic hydroxyl groups is 1. The van der Waals surface area contributed by atoms with Gasteiger partial charge in [-0.25, -0.2) is 0 Å². The Morgan fingerprint density at radius 3 is 2.23 bits per heavy atom. The fraction of sp³-hybridized carbons (Fsp3) is 0.444. The van der Waals surface area contributed by atoms with Crippen LogP contribution in [0, 0.1) is 11.8 Å². The number of halogens is 1. The minimum Gasteiger partial charge on any atom is -0.493 e. The first-order valence-electron chi connectivity index (χ1n) is 15.6. The summed E-state index contributed by atoms with van der Waals surface area (Å²) in [5.74, 6) is 1.73. The van der Waals surface area contributed by atoms with Crippen LogP contribution in [-0.2, 0) is 21.6 Å². The van der Waals surface area contributed by atoms with Gasteiger partial charge in [-0.1, -0.05) is 35.9 Å². The lowest BCUT2D eigenvalue weighted by atomic mass is 9.77. The van der Waals surface area contributed by atoms with E-state index in [1.54, 1.807) is 7.11 Å². The van der Waals surface area contributed by atoms with Crippen molar-refractivity contribution in [2.45, 2.75) is 70.6 Å². The normalized spacial score (nSPS) is 20.3. The molecule has 1 saturated carbocycles. The maximum atomic E-state index is 13.9. The Bertz CT molecular complexity index is 1520. The van der Waals surface area contributed by atoms with Crippen LogP contribution in [0.5, 0.6) is 11.5 Å². The molecule has 2 fully saturated rings. The van der Waals surface area contributed by atoms with E-state index in [2.05, 4.69) is 0 Å². The molecule has 0 spiro atoms. The van der Waals surface area contributed by atoms with E-state index < -0.39 is 11.6 Å². The Balaban J connectivity index is 1.31. The minimum atomic E-state index is -1.05. The number of amides is 2. The topological polar surface area (TPSA) is 79.3 Å². The molecule has 44 heavy (non-hydrogen) atoms. The zero-order valence-electron chi connectivity index (χ0n) is 25.9. The number of fused-ring (bicyclic) bond motifs is 1. The average Bonchev–Trinajstić information content (AvgIpc) is 3.86. The SMILES string of the molecule is COc1cc2c(cc1OC(C)C)C(c1ccc(Cl)cc1)N(c1ccc([C@@](C)(O)C3CCN(C(=O)C4CC4)CC3)cc1)C(=O)C2. The summed E-state index contributed by atoms with van der Waals surface area (Å²) in [6, 6.07) is 18.8. The van der Waals surface area contributed by atoms with Gasteiger partial charge in [0.1, 0.15) is 0 Å². The van der Waals surface area contributed by atoms with Crippen molar-refractivity contribution in [1.29, 1.82) is 0 Å². The molecule has 1 aliphatic carbocycles. The van der Waals surface area contributed by atoms with Gasteiger partial charge in [0.15, 0.2) is 11.5 Å². The van der Waals surface area contributed by atoms with Gasteiger partial charge in [0.25, 0.3) is 0 Å². The van der Waals surface area contributed by atoms with E-state index in [-0.39, 0.29) is 36.2 Å². The number of methoxy groups -OCH3 is 1. The highest BCUT2D eigenvalue weighted by molar-refractivity contribution is 6.30. The third-order valence-corrected chi connectivity index (χ3v) is 9.65. The molecule has 1 unspecified atom stereocenters. The van der Waals surface area contributed by atoms with Crippen molar-refractivity contribution in [2.24, 2.45) is 11.8 Å². The van der Waals surface area contributed by atoms with Gasteiger partial charge in [-0.3, -0.25) is 9.59 Å². The van der Waals surface area contributed by atoms with Crippen molar-refractivity contribution < 1.29 is 24.2 Å². The summed E-state index contributed by atoms with van der Waals surface area (Å²) >= 11 is 6.26. The molecule has 1 N–H and O–H groups in total. The van der Waals surface area contributed by atoms with E-state index >= 15 is 0 Å². The number of hydrogen-bond acceptors (Lipinski definition) is 5. The Labute approximate surface area is 264 Å². The number of nitrogens with zero attached hydrogens (tertiary/aromatic N) is 2. The summed E-state index contributed by atoms with van der Waals surface area (Å²) in [4.78, 5) is 30.2. The molecule has 3 aliphatic rings. The van der Waals surface area contributed by atoms with E-state index in [0.29, 0.717) is 29.6 Å². The lowest BCUT2D eigenvalue weighted by Gasteiger charge is -2.40. The number of likely N-dealkylation sites (tertiary alicyclic amines) is 1. The van der Waals surface area contributed by atoms with E-state index in [4.69, 9.17) is 21.1 Å². The monoisotopic (exact) mass is 616 g/mol. The van der Waals surface area contributed by atoms with Crippen LogP contribution in [0.2, 0.25) is 5.02 Å². The van der Waals surface area contributed by atoms with Crippen LogP contribution in [0.4, 0.5) is 5.69 Å². The molecule has 0 radical (unpaired) electrons. The van der Waals surface area contributed by atoms with Crippen LogP contribution in [0.15, 0.2) is 60.7 Å². The molecule has 3 aromatic rings. The Hall–Kier alpha value is -3.55. The summed E-state index contributed by atoms with van der Waals surface area (Å²) in [5, 5.41) is 12.3. The van der Waals surface area contributed by atoms with E-state index in [9.17, 15) is 14.7 Å². The van der Waals surface area contributed by atoms with E-state index in [0.717, 1.165) is 53.6 Å². The molecule has 1 saturated heterocycles. The number of benzene rings is 3. The van der Waals surface area contributed by atoms with Gasteiger partial charge in [-0.2, -0.15) is 0 Å². The molecule has 3 aromatic carbocycles. The first kappa shape index (κ1) is 30.5. The molecule has 8 heteroatoms. The molecular weight excluding hydrogens is 576 g/mol. The summed E-state index contributed by atoms with van der Waals surface area (Å²) in [5.41, 5.74) is 3.27. The van der Waals surface area contributed by atoms with E-state index in [1.807, 2.05) is 91.2 Å². The molecule has 2 aliphatic heterocycles. The van der Waals surface area contributed by atoms with Crippen molar-refractivity contribution in [3.63, 3.8) is 0 Å². The number of carbonyl (C=O) groups is 2. The van der Waals surface area contributed by atoms with Crippen molar-refractivity contribution in [2.75, 3.05) is 25.1 Å². The third kappa shape index (κ3) is 5.92. The molecular formula is C36H41ClN2O5. The lowest BCUT2D eigenvalue weighted by molar-refractivity contribution is -0.135. The van der Waals surface area contributed by atoms with Crippen molar-refractivity contribution in [3.8, 4) is 11.5 Å². The fourth-order valence-electron chi connectivity index (χ4n) is 6.77. The molecule has 7 nitrogen and oxygen atoms in total. The quantitative estimate of drug-likeness (QED) is 0.306. The van der Waals surface area contributed by atoms with Crippen molar-refractivity contribution >= 4 is 29.1 Å². The van der Waals surface area contributed by atoms with Gasteiger partial charge in [0.05, 0.1) is 31.3 Å². The molecule has 0 bridgehead atoms. The summed E-state index contributed by atoms with van der Waals surface area (Å²) in [6.07, 6.45) is 3.70. The average molecular weight is 617 g/mol. The third-order valence-electron chi connectivity index (χ3n) is 9.40. The van der Waals surface area contributed by atoms with Crippen LogP contribution in [0.25, 0.3) is 0 Å². The van der Waals surface area contributed by atoms with Crippen LogP contribution >= 0.6 is 11.6 Å². The number of ether oxygens (including phenoxy) is 2. The predicted molar refractivity (Wildman–Crippen MR) is 171 cm³/mol. The van der Waals surface area contributed by atoms with Crippen LogP contribution in [0.3, 0.4) is 0 Å². The minimum absolute atomic E-state index is 0.0377. The van der Waals surface area contributed by atoms with Crippen molar-refractivity contribution in [1.82, 2.24) is 4.90 Å². The van der Waals surface area contributed by atoms with Crippen LogP contribution in [-0.4, -0.2) is 48.1 Å². The van der Waals surface area contributed by atoms with Crippen molar-refractivity contribution in [3.05, 3.63) is 87.9 Å². The van der Waals surface area contributed by atoms with Gasteiger partial charge in [0.2, 0.25) is 11.8 Å². The Morgan fingerprint density at radius 2 is 1.64 bits per heavy atom. The molecule has 2 heterocycles. The maximum absolute atomic E-state index is 13.9. The van der Waals surface area contributed by atoms with Crippen LogP contribution < -0.4 is 14.4 Å². The number of hydrogen-bond donors (Lipinski definition) is 1. The van der Waals surface area contributed by atoms with E-state index in [1.165, 1.54) is 0 Å². The molecule has 6 rings (SSSR count). The molecule has 232 valence electrons. The second kappa shape index (κ2) is 12.1. The zero-order chi connectivity index (χ0) is 31.2. The van der Waals surface area contributed by atoms with Gasteiger partial charge in [-0.05, 0) is 111 Å². The highest BCUT2D eigenvalue weighted by Gasteiger charge is 2.41. The largest absolute Gasteiger partial charge is 0.493 e. The second-order valence-electron chi connectivity index (χ2n) is 12.8. The molecule has 0 aromatic heterocycles. The molecule has 2 atom stereocenters. The van der Waals surface area contributed by atoms with Gasteiger partial charge < -0.3 is 24.4 Å². The number of piperidine rings is 1. The molecule has 2 amide bonds. The first-order chi connectivity index (χ1) is 21.1. The lowest BCUT2D eigenvalue weighted by Crippen LogP contribution is -2.44.